The number of nitrogens with two attached hydrogens (primary N) is 1. The van der Waals surface area contributed by atoms with Crippen molar-refractivity contribution >= 4 is 6.09 Å². The fourth-order valence-corrected chi connectivity index (χ4v) is 0.886. The zero-order chi connectivity index (χ0) is 10.1. The van der Waals surface area contributed by atoms with E-state index >= 15 is 0 Å². The zero-order valence-electron chi connectivity index (χ0n) is 7.75. The molecule has 0 aliphatic rings. The summed E-state index contributed by atoms with van der Waals surface area (Å²) in [5, 5.41) is 11.5. The van der Waals surface area contributed by atoms with E-state index < -0.39 is 6.09 Å². The Morgan fingerprint density at radius 3 is 2.92 bits per heavy atom. The molecule has 0 aromatic heterocycles. The van der Waals surface area contributed by atoms with Gasteiger partial charge in [0.05, 0.1) is 12.5 Å². The summed E-state index contributed by atoms with van der Waals surface area (Å²) in [5.74, 6) is 0. The van der Waals surface area contributed by atoms with Gasteiger partial charge in [-0.15, -0.1) is 0 Å². The predicted octanol–water partition coefficient (Wildman–Crippen LogP) is 0.364. The lowest BCUT2D eigenvalue weighted by atomic mass is 10.2. The lowest BCUT2D eigenvalue weighted by molar-refractivity contribution is 0.156. The normalized spacial score (nSPS) is 11.7. The first-order valence-electron chi connectivity index (χ1n) is 4.23. The molecule has 1 amide bonds. The smallest absolute Gasteiger partial charge is 0.404 e. The van der Waals surface area contributed by atoms with Gasteiger partial charge in [-0.2, -0.15) is 5.26 Å². The van der Waals surface area contributed by atoms with E-state index in [2.05, 4.69) is 16.1 Å². The number of nitrogens with zero attached hydrogens (tertiary/aromatic N) is 1. The second-order valence-corrected chi connectivity index (χ2v) is 2.59. The van der Waals surface area contributed by atoms with Crippen LogP contribution < -0.4 is 11.1 Å². The minimum atomic E-state index is -0.768. The zero-order valence-corrected chi connectivity index (χ0v) is 7.75. The molecule has 0 aromatic rings. The third-order valence-electron chi connectivity index (χ3n) is 1.61. The summed E-state index contributed by atoms with van der Waals surface area (Å²) < 4.78 is 4.51. The van der Waals surface area contributed by atoms with Gasteiger partial charge in [-0.1, -0.05) is 6.92 Å². The maximum Gasteiger partial charge on any atom is 0.404 e. The Morgan fingerprint density at radius 2 is 2.46 bits per heavy atom. The van der Waals surface area contributed by atoms with Crippen molar-refractivity contribution in [3.63, 3.8) is 0 Å². The number of carbonyl (C=O) groups is 1. The molecule has 0 saturated carbocycles. The molecule has 0 aromatic carbocycles. The summed E-state index contributed by atoms with van der Waals surface area (Å²) >= 11 is 0. The van der Waals surface area contributed by atoms with E-state index in [1.54, 1.807) is 0 Å². The summed E-state index contributed by atoms with van der Waals surface area (Å²) in [6.45, 7) is 2.77. The van der Waals surface area contributed by atoms with Crippen LogP contribution in [0.25, 0.3) is 0 Å². The third-order valence-corrected chi connectivity index (χ3v) is 1.61. The van der Waals surface area contributed by atoms with Gasteiger partial charge in [-0.25, -0.2) is 4.79 Å². The SMILES string of the molecule is CCC(CC#N)NCCOC(N)=O. The van der Waals surface area contributed by atoms with Crippen molar-refractivity contribution in [1.29, 1.82) is 5.26 Å². The van der Waals surface area contributed by atoms with Gasteiger partial charge in [0, 0.05) is 12.6 Å². The number of primary amides is 1. The number of hydrogen-bond donors (Lipinski definition) is 2. The topological polar surface area (TPSA) is 88.1 Å². The van der Waals surface area contributed by atoms with Gasteiger partial charge in [0.1, 0.15) is 6.61 Å². The molecule has 5 heteroatoms. The standard InChI is InChI=1S/C8H15N3O2/c1-2-7(3-4-9)11-5-6-13-8(10)12/h7,11H,2-3,5-6H2,1H3,(H2,10,12). The highest BCUT2D eigenvalue weighted by atomic mass is 16.5. The molecule has 0 radical (unpaired) electrons. The third kappa shape index (κ3) is 7.09. The molecule has 3 N–H and O–H groups in total. The van der Waals surface area contributed by atoms with Crippen LogP contribution in [0.5, 0.6) is 0 Å². The van der Waals surface area contributed by atoms with E-state index in [-0.39, 0.29) is 12.6 Å². The van der Waals surface area contributed by atoms with Crippen LogP contribution in [0.1, 0.15) is 19.8 Å². The van der Waals surface area contributed by atoms with E-state index in [9.17, 15) is 4.79 Å². The largest absolute Gasteiger partial charge is 0.448 e. The first kappa shape index (κ1) is 11.7. The molecular weight excluding hydrogens is 170 g/mol. The van der Waals surface area contributed by atoms with E-state index in [0.717, 1.165) is 6.42 Å². The van der Waals surface area contributed by atoms with Crippen molar-refractivity contribution in [2.24, 2.45) is 5.73 Å². The van der Waals surface area contributed by atoms with Crippen LogP contribution >= 0.6 is 0 Å². The van der Waals surface area contributed by atoms with Gasteiger partial charge in [0.15, 0.2) is 0 Å². The molecule has 0 aliphatic heterocycles. The van der Waals surface area contributed by atoms with E-state index in [0.29, 0.717) is 13.0 Å². The summed E-state index contributed by atoms with van der Waals surface area (Å²) in [7, 11) is 0. The average Bonchev–Trinajstić information content (AvgIpc) is 2.10. The van der Waals surface area contributed by atoms with Crippen LogP contribution in [0.2, 0.25) is 0 Å². The van der Waals surface area contributed by atoms with Gasteiger partial charge < -0.3 is 15.8 Å². The quantitative estimate of drug-likeness (QED) is 0.585. The maximum absolute atomic E-state index is 10.2. The van der Waals surface area contributed by atoms with Crippen LogP contribution in [0.15, 0.2) is 0 Å². The molecule has 5 nitrogen and oxygen atoms in total. The number of hydrogen-bond acceptors (Lipinski definition) is 4. The van der Waals surface area contributed by atoms with Crippen LogP contribution in [0, 0.1) is 11.3 Å². The summed E-state index contributed by atoms with van der Waals surface area (Å²) in [4.78, 5) is 10.2. The lowest BCUT2D eigenvalue weighted by Gasteiger charge is -2.12. The Balaban J connectivity index is 3.39. The molecule has 1 atom stereocenters. The van der Waals surface area contributed by atoms with Crippen LogP contribution in [-0.4, -0.2) is 25.3 Å². The number of nitriles is 1. The van der Waals surface area contributed by atoms with Gasteiger partial charge in [0.25, 0.3) is 0 Å². The van der Waals surface area contributed by atoms with Gasteiger partial charge in [-0.05, 0) is 6.42 Å². The maximum atomic E-state index is 10.2. The summed E-state index contributed by atoms with van der Waals surface area (Å²) in [6, 6.07) is 2.24. The van der Waals surface area contributed by atoms with Crippen LogP contribution in [0.3, 0.4) is 0 Å². The highest BCUT2D eigenvalue weighted by Crippen LogP contribution is 1.94. The number of nitrogens with one attached hydrogen (secondary N) is 1. The fourth-order valence-electron chi connectivity index (χ4n) is 0.886. The van der Waals surface area contributed by atoms with E-state index in [4.69, 9.17) is 11.0 Å². The first-order chi connectivity index (χ1) is 6.20. The van der Waals surface area contributed by atoms with Crippen molar-refractivity contribution in [3.05, 3.63) is 0 Å². The summed E-state index contributed by atoms with van der Waals surface area (Å²) in [5.41, 5.74) is 4.76. The van der Waals surface area contributed by atoms with Gasteiger partial charge >= 0.3 is 6.09 Å². The minimum Gasteiger partial charge on any atom is -0.448 e. The van der Waals surface area contributed by atoms with Crippen molar-refractivity contribution in [2.75, 3.05) is 13.2 Å². The molecule has 74 valence electrons. The number of amides is 1. The molecule has 0 saturated heterocycles. The highest BCUT2D eigenvalue weighted by Gasteiger charge is 2.03. The van der Waals surface area contributed by atoms with Crippen molar-refractivity contribution in [3.8, 4) is 6.07 Å². The monoisotopic (exact) mass is 185 g/mol. The van der Waals surface area contributed by atoms with Crippen molar-refractivity contribution in [2.45, 2.75) is 25.8 Å². The Morgan fingerprint density at radius 1 is 1.77 bits per heavy atom. The highest BCUT2D eigenvalue weighted by molar-refractivity contribution is 5.64. The van der Waals surface area contributed by atoms with Crippen molar-refractivity contribution in [1.82, 2.24) is 5.32 Å². The predicted molar refractivity (Wildman–Crippen MR) is 47.8 cm³/mol. The Labute approximate surface area is 77.9 Å². The molecular formula is C8H15N3O2. The minimum absolute atomic E-state index is 0.168. The molecule has 0 heterocycles. The second-order valence-electron chi connectivity index (χ2n) is 2.59. The Kier molecular flexibility index (Phi) is 6.65. The van der Waals surface area contributed by atoms with Crippen LogP contribution in [-0.2, 0) is 4.74 Å². The van der Waals surface area contributed by atoms with Crippen LogP contribution in [0.4, 0.5) is 4.79 Å². The molecule has 0 rings (SSSR count). The van der Waals surface area contributed by atoms with Gasteiger partial charge in [-0.3, -0.25) is 0 Å². The molecule has 0 spiro atoms. The number of ether oxygens (including phenoxy) is 1. The molecule has 0 bridgehead atoms. The number of carbonyl (C=O) groups excluding carboxylic acids is 1. The molecule has 0 fully saturated rings. The Hall–Kier alpha value is -1.28. The molecule has 0 aliphatic carbocycles. The van der Waals surface area contributed by atoms with Gasteiger partial charge in [0.2, 0.25) is 0 Å². The van der Waals surface area contributed by atoms with E-state index in [1.807, 2.05) is 6.92 Å². The summed E-state index contributed by atoms with van der Waals surface area (Å²) in [6.07, 6.45) is 0.576. The van der Waals surface area contributed by atoms with E-state index in [1.165, 1.54) is 0 Å². The molecule has 1 unspecified atom stereocenters. The fraction of sp³-hybridized carbons (Fsp3) is 0.750. The molecule has 13 heavy (non-hydrogen) atoms. The Bertz CT molecular complexity index is 188. The first-order valence-corrected chi connectivity index (χ1v) is 4.23. The second kappa shape index (κ2) is 7.37. The average molecular weight is 185 g/mol. The number of rotatable bonds is 6. The van der Waals surface area contributed by atoms with Crippen molar-refractivity contribution < 1.29 is 9.53 Å². The lowest BCUT2D eigenvalue weighted by Crippen LogP contribution is -2.32.